The Balaban J connectivity index is 2.02. The number of hydrogen-bond acceptors (Lipinski definition) is 5. The molecule has 0 aliphatic heterocycles. The van der Waals surface area contributed by atoms with Crippen LogP contribution in [0.2, 0.25) is 0 Å². The van der Waals surface area contributed by atoms with Gasteiger partial charge in [-0.2, -0.15) is 10.2 Å². The van der Waals surface area contributed by atoms with Gasteiger partial charge >= 0.3 is 0 Å². The molecule has 2 aromatic rings. The van der Waals surface area contributed by atoms with Gasteiger partial charge in [0.05, 0.1) is 18.2 Å². The van der Waals surface area contributed by atoms with Crippen molar-refractivity contribution in [3.63, 3.8) is 0 Å². The van der Waals surface area contributed by atoms with Gasteiger partial charge in [0, 0.05) is 5.69 Å². The van der Waals surface area contributed by atoms with Gasteiger partial charge in [-0.05, 0) is 25.1 Å². The molecule has 5 nitrogen and oxygen atoms in total. The molecule has 0 spiro atoms. The molecule has 2 rings (SSSR count). The number of benzene rings is 1. The maximum atomic E-state index is 8.73. The smallest absolute Gasteiger partial charge is 0.245 e. The zero-order chi connectivity index (χ0) is 11.4. The maximum Gasteiger partial charge on any atom is 0.245 e. The van der Waals surface area contributed by atoms with Crippen molar-refractivity contribution in [3.8, 4) is 6.07 Å². The fourth-order valence-electron chi connectivity index (χ4n) is 1.29. The number of aromatic nitrogens is 2. The highest BCUT2D eigenvalue weighted by molar-refractivity contribution is 5.48. The molecule has 0 saturated heterocycles. The Morgan fingerprint density at radius 1 is 1.50 bits per heavy atom. The van der Waals surface area contributed by atoms with Gasteiger partial charge in [0.25, 0.3) is 0 Å². The summed E-state index contributed by atoms with van der Waals surface area (Å²) >= 11 is 0. The van der Waals surface area contributed by atoms with E-state index in [2.05, 4.69) is 21.5 Å². The molecule has 16 heavy (non-hydrogen) atoms. The molecule has 0 aliphatic carbocycles. The third-order valence-electron chi connectivity index (χ3n) is 2.01. The van der Waals surface area contributed by atoms with E-state index >= 15 is 0 Å². The second-order valence-corrected chi connectivity index (χ2v) is 3.28. The predicted molar refractivity (Wildman–Crippen MR) is 57.5 cm³/mol. The van der Waals surface area contributed by atoms with Gasteiger partial charge in [-0.25, -0.2) is 0 Å². The molecule has 80 valence electrons. The molecule has 0 bridgehead atoms. The van der Waals surface area contributed by atoms with Crippen molar-refractivity contribution in [3.05, 3.63) is 41.5 Å². The minimum absolute atomic E-state index is 0.454. The summed E-state index contributed by atoms with van der Waals surface area (Å²) in [5.41, 5.74) is 1.47. The quantitative estimate of drug-likeness (QED) is 0.844. The van der Waals surface area contributed by atoms with Crippen LogP contribution in [-0.2, 0) is 6.54 Å². The molecule has 0 fully saturated rings. The lowest BCUT2D eigenvalue weighted by atomic mass is 10.2. The predicted octanol–water partition coefficient (Wildman–Crippen LogP) is 1.86. The van der Waals surface area contributed by atoms with Crippen LogP contribution in [0.15, 0.2) is 28.8 Å². The number of hydrogen-bond donors (Lipinski definition) is 1. The summed E-state index contributed by atoms with van der Waals surface area (Å²) in [7, 11) is 0. The highest BCUT2D eigenvalue weighted by atomic mass is 16.5. The average molecular weight is 214 g/mol. The summed E-state index contributed by atoms with van der Waals surface area (Å²) in [6.45, 7) is 2.22. The van der Waals surface area contributed by atoms with Crippen LogP contribution in [0.25, 0.3) is 0 Å². The van der Waals surface area contributed by atoms with Crippen molar-refractivity contribution in [1.29, 1.82) is 5.26 Å². The lowest BCUT2D eigenvalue weighted by Gasteiger charge is -2.02. The standard InChI is InChI=1S/C11H10N4O/c1-8-14-11(16-15-8)7-13-10-4-2-3-9(5-10)6-12/h2-5,13H,7H2,1H3. The lowest BCUT2D eigenvalue weighted by molar-refractivity contribution is 0.379. The molecule has 0 radical (unpaired) electrons. The summed E-state index contributed by atoms with van der Waals surface area (Å²) in [4.78, 5) is 4.06. The molecule has 1 heterocycles. The first-order valence-corrected chi connectivity index (χ1v) is 4.81. The van der Waals surface area contributed by atoms with Gasteiger partial charge in [-0.1, -0.05) is 11.2 Å². The van der Waals surface area contributed by atoms with Gasteiger partial charge in [0.15, 0.2) is 5.82 Å². The third kappa shape index (κ3) is 2.36. The van der Waals surface area contributed by atoms with Gasteiger partial charge in [-0.15, -0.1) is 0 Å². The van der Waals surface area contributed by atoms with Gasteiger partial charge in [0.1, 0.15) is 0 Å². The van der Waals surface area contributed by atoms with E-state index in [1.54, 1.807) is 19.1 Å². The van der Waals surface area contributed by atoms with Crippen molar-refractivity contribution >= 4 is 5.69 Å². The normalized spacial score (nSPS) is 9.75. The number of aryl methyl sites for hydroxylation is 1. The first kappa shape index (κ1) is 10.2. The second kappa shape index (κ2) is 4.45. The summed E-state index contributed by atoms with van der Waals surface area (Å²) in [6.07, 6.45) is 0. The Morgan fingerprint density at radius 3 is 3.06 bits per heavy atom. The zero-order valence-corrected chi connectivity index (χ0v) is 8.77. The summed E-state index contributed by atoms with van der Waals surface area (Å²) in [6, 6.07) is 9.30. The van der Waals surface area contributed by atoms with Gasteiger partial charge in [0.2, 0.25) is 5.89 Å². The molecule has 5 heteroatoms. The van der Waals surface area contributed by atoms with Crippen molar-refractivity contribution in [2.45, 2.75) is 13.5 Å². The molecule has 1 aromatic heterocycles. The fraction of sp³-hybridized carbons (Fsp3) is 0.182. The summed E-state index contributed by atoms with van der Waals surface area (Å²) < 4.78 is 4.95. The fourth-order valence-corrected chi connectivity index (χ4v) is 1.29. The number of rotatable bonds is 3. The highest BCUT2D eigenvalue weighted by Gasteiger charge is 2.02. The molecule has 0 unspecified atom stereocenters. The monoisotopic (exact) mass is 214 g/mol. The Labute approximate surface area is 92.7 Å². The number of nitrogens with zero attached hydrogens (tertiary/aromatic N) is 3. The van der Waals surface area contributed by atoms with Crippen LogP contribution in [0, 0.1) is 18.3 Å². The first-order valence-electron chi connectivity index (χ1n) is 4.81. The van der Waals surface area contributed by atoms with Crippen LogP contribution in [0.5, 0.6) is 0 Å². The third-order valence-corrected chi connectivity index (χ3v) is 2.01. The van der Waals surface area contributed by atoms with E-state index in [1.807, 2.05) is 12.1 Å². The molecule has 1 N–H and O–H groups in total. The van der Waals surface area contributed by atoms with Crippen molar-refractivity contribution in [2.24, 2.45) is 0 Å². The first-order chi connectivity index (χ1) is 7.78. The van der Waals surface area contributed by atoms with Crippen LogP contribution in [0.1, 0.15) is 17.3 Å². The SMILES string of the molecule is Cc1noc(CNc2cccc(C#N)c2)n1. The Morgan fingerprint density at radius 2 is 2.38 bits per heavy atom. The van der Waals surface area contributed by atoms with E-state index in [4.69, 9.17) is 9.78 Å². The van der Waals surface area contributed by atoms with Crippen molar-refractivity contribution < 1.29 is 4.52 Å². The maximum absolute atomic E-state index is 8.73. The lowest BCUT2D eigenvalue weighted by Crippen LogP contribution is -1.99. The second-order valence-electron chi connectivity index (χ2n) is 3.28. The van der Waals surface area contributed by atoms with Gasteiger partial charge < -0.3 is 9.84 Å². The number of nitriles is 1. The van der Waals surface area contributed by atoms with Crippen LogP contribution < -0.4 is 5.32 Å². The van der Waals surface area contributed by atoms with E-state index in [0.717, 1.165) is 5.69 Å². The minimum atomic E-state index is 0.454. The summed E-state index contributed by atoms with van der Waals surface area (Å²) in [5, 5.41) is 15.5. The average Bonchev–Trinajstić information content (AvgIpc) is 2.73. The largest absolute Gasteiger partial charge is 0.376 e. The number of anilines is 1. The molecule has 1 aromatic carbocycles. The van der Waals surface area contributed by atoms with E-state index in [9.17, 15) is 0 Å². The Bertz CT molecular complexity index is 527. The molecule has 0 atom stereocenters. The highest BCUT2D eigenvalue weighted by Crippen LogP contribution is 2.10. The molecule has 0 amide bonds. The minimum Gasteiger partial charge on any atom is -0.376 e. The van der Waals surface area contributed by atoms with E-state index in [0.29, 0.717) is 23.8 Å². The Hall–Kier alpha value is -2.35. The number of nitrogens with one attached hydrogen (secondary N) is 1. The van der Waals surface area contributed by atoms with Gasteiger partial charge in [-0.3, -0.25) is 0 Å². The van der Waals surface area contributed by atoms with Crippen molar-refractivity contribution in [1.82, 2.24) is 10.1 Å². The summed E-state index contributed by atoms with van der Waals surface area (Å²) in [5.74, 6) is 1.14. The molecular formula is C11H10N4O. The van der Waals surface area contributed by atoms with E-state index in [-0.39, 0.29) is 0 Å². The molecular weight excluding hydrogens is 204 g/mol. The topological polar surface area (TPSA) is 74.7 Å². The van der Waals surface area contributed by atoms with E-state index < -0.39 is 0 Å². The van der Waals surface area contributed by atoms with Crippen LogP contribution in [-0.4, -0.2) is 10.1 Å². The molecule has 0 saturated carbocycles. The van der Waals surface area contributed by atoms with Crippen molar-refractivity contribution in [2.75, 3.05) is 5.32 Å². The Kier molecular flexibility index (Phi) is 2.83. The van der Waals surface area contributed by atoms with Crippen LogP contribution in [0.4, 0.5) is 5.69 Å². The van der Waals surface area contributed by atoms with Crippen LogP contribution in [0.3, 0.4) is 0 Å². The molecule has 0 aliphatic rings. The van der Waals surface area contributed by atoms with E-state index in [1.165, 1.54) is 0 Å². The van der Waals surface area contributed by atoms with Crippen LogP contribution >= 0.6 is 0 Å². The zero-order valence-electron chi connectivity index (χ0n) is 8.77.